The summed E-state index contributed by atoms with van der Waals surface area (Å²) in [5.41, 5.74) is 1.19. The van der Waals surface area contributed by atoms with E-state index in [4.69, 9.17) is 18.9 Å². The Hall–Kier alpha value is -3.23. The van der Waals surface area contributed by atoms with Gasteiger partial charge in [0.2, 0.25) is 0 Å². The first-order valence-corrected chi connectivity index (χ1v) is 13.8. The van der Waals surface area contributed by atoms with Gasteiger partial charge >= 0.3 is 17.9 Å². The summed E-state index contributed by atoms with van der Waals surface area (Å²) in [6, 6.07) is 15.8. The molecule has 0 aromatic heterocycles. The second-order valence-corrected chi connectivity index (χ2v) is 11.3. The van der Waals surface area contributed by atoms with Crippen molar-refractivity contribution in [2.75, 3.05) is 13.3 Å². The molecule has 1 aliphatic carbocycles. The maximum Gasteiger partial charge on any atom is 0.339 e. The predicted molar refractivity (Wildman–Crippen MR) is 145 cm³/mol. The summed E-state index contributed by atoms with van der Waals surface area (Å²) in [7, 11) is 0. The summed E-state index contributed by atoms with van der Waals surface area (Å²) in [5, 5.41) is 0. The van der Waals surface area contributed by atoms with Gasteiger partial charge in [-0.1, -0.05) is 30.3 Å². The van der Waals surface area contributed by atoms with Crippen molar-refractivity contribution >= 4 is 17.9 Å². The normalized spacial score (nSPS) is 21.8. The molecule has 8 nitrogen and oxygen atoms in total. The molecule has 0 spiro atoms. The Bertz CT molecular complexity index is 1100. The molecule has 2 aliphatic rings. The highest BCUT2D eigenvalue weighted by Gasteiger charge is 2.32. The smallest absolute Gasteiger partial charge is 0.339 e. The van der Waals surface area contributed by atoms with Gasteiger partial charge in [0.15, 0.2) is 6.23 Å². The fourth-order valence-corrected chi connectivity index (χ4v) is 4.87. The minimum Gasteiger partial charge on any atom is -0.460 e. The molecule has 0 radical (unpaired) electrons. The topological polar surface area (TPSA) is 91.4 Å². The second-order valence-electron chi connectivity index (χ2n) is 11.3. The molecule has 1 heterocycles. The van der Waals surface area contributed by atoms with Gasteiger partial charge in [-0.05, 0) is 89.1 Å². The first kappa shape index (κ1) is 28.8. The number of hydrogen-bond donors (Lipinski definition) is 0. The Morgan fingerprint density at radius 1 is 0.846 bits per heavy atom. The summed E-state index contributed by atoms with van der Waals surface area (Å²) < 4.78 is 22.8. The summed E-state index contributed by atoms with van der Waals surface area (Å²) in [6.45, 7) is 7.02. The number of hydrogen-bond acceptors (Lipinski definition) is 8. The lowest BCUT2D eigenvalue weighted by Crippen LogP contribution is -2.38. The van der Waals surface area contributed by atoms with E-state index in [1.54, 1.807) is 24.3 Å². The van der Waals surface area contributed by atoms with Crippen LogP contribution in [0.3, 0.4) is 0 Å². The Morgan fingerprint density at radius 3 is 2.13 bits per heavy atom. The van der Waals surface area contributed by atoms with Crippen molar-refractivity contribution in [3.8, 4) is 0 Å². The molecule has 0 N–H and O–H groups in total. The van der Waals surface area contributed by atoms with Crippen LogP contribution in [0.15, 0.2) is 54.6 Å². The van der Waals surface area contributed by atoms with Gasteiger partial charge in [0.05, 0.1) is 23.1 Å². The van der Waals surface area contributed by atoms with Crippen LogP contribution in [-0.4, -0.2) is 54.0 Å². The molecule has 1 atom stereocenters. The molecule has 2 fully saturated rings. The van der Waals surface area contributed by atoms with Gasteiger partial charge in [-0.25, -0.2) is 14.5 Å². The third kappa shape index (κ3) is 8.63. The minimum absolute atomic E-state index is 0.0679. The lowest BCUT2D eigenvalue weighted by Gasteiger charge is -2.31. The minimum atomic E-state index is -0.469. The lowest BCUT2D eigenvalue weighted by atomic mass is 9.87. The standard InChI is InChI=1S/C31H39NO7/c1-31(2,3)39-30(35)25-15-17-26(18-16-25)37-21-32-19-7-10-27(32)38-29(34)24-13-11-23(12-14-24)28(33)36-20-22-8-5-4-6-9-22/h4-6,8-9,11-14,25-27H,7,10,15-21H2,1-3H3. The van der Waals surface area contributed by atoms with Crippen LogP contribution < -0.4 is 0 Å². The van der Waals surface area contributed by atoms with Crippen LogP contribution in [-0.2, 0) is 30.3 Å². The van der Waals surface area contributed by atoms with E-state index in [0.717, 1.165) is 50.6 Å². The lowest BCUT2D eigenvalue weighted by molar-refractivity contribution is -0.162. The molecule has 0 amide bonds. The summed E-state index contributed by atoms with van der Waals surface area (Å²) in [5.74, 6) is -1.07. The van der Waals surface area contributed by atoms with Crippen LogP contribution in [0.5, 0.6) is 0 Å². The van der Waals surface area contributed by atoms with Crippen LogP contribution in [0, 0.1) is 5.92 Å². The molecule has 1 aliphatic heterocycles. The molecule has 1 saturated heterocycles. The molecule has 39 heavy (non-hydrogen) atoms. The van der Waals surface area contributed by atoms with Gasteiger partial charge in [-0.3, -0.25) is 4.79 Å². The number of nitrogens with zero attached hydrogens (tertiary/aromatic N) is 1. The van der Waals surface area contributed by atoms with Crippen molar-refractivity contribution in [2.24, 2.45) is 5.92 Å². The first-order valence-electron chi connectivity index (χ1n) is 13.8. The molecule has 0 bridgehead atoms. The average molecular weight is 538 g/mol. The van der Waals surface area contributed by atoms with Crippen LogP contribution in [0.4, 0.5) is 0 Å². The maximum absolute atomic E-state index is 12.8. The molecule has 2 aromatic rings. The molecule has 2 aromatic carbocycles. The van der Waals surface area contributed by atoms with E-state index in [1.165, 1.54) is 0 Å². The Balaban J connectivity index is 1.20. The van der Waals surface area contributed by atoms with Crippen molar-refractivity contribution in [1.29, 1.82) is 0 Å². The molecule has 4 rings (SSSR count). The van der Waals surface area contributed by atoms with E-state index < -0.39 is 17.5 Å². The van der Waals surface area contributed by atoms with Gasteiger partial charge in [0.25, 0.3) is 0 Å². The molecule has 8 heteroatoms. The van der Waals surface area contributed by atoms with Gasteiger partial charge < -0.3 is 18.9 Å². The van der Waals surface area contributed by atoms with E-state index in [9.17, 15) is 14.4 Å². The van der Waals surface area contributed by atoms with Crippen LogP contribution in [0.1, 0.15) is 85.6 Å². The van der Waals surface area contributed by atoms with Crippen LogP contribution >= 0.6 is 0 Å². The number of benzene rings is 2. The fraction of sp³-hybridized carbons (Fsp3) is 0.516. The van der Waals surface area contributed by atoms with E-state index in [-0.39, 0.29) is 30.8 Å². The highest BCUT2D eigenvalue weighted by Crippen LogP contribution is 2.29. The van der Waals surface area contributed by atoms with E-state index in [1.807, 2.05) is 56.0 Å². The Morgan fingerprint density at radius 2 is 1.49 bits per heavy atom. The van der Waals surface area contributed by atoms with Crippen molar-refractivity contribution in [1.82, 2.24) is 4.90 Å². The molecule has 1 unspecified atom stereocenters. The monoisotopic (exact) mass is 537 g/mol. The number of rotatable bonds is 9. The number of carbonyl (C=O) groups excluding carboxylic acids is 3. The Kier molecular flexibility index (Phi) is 9.75. The maximum atomic E-state index is 12.8. The van der Waals surface area contributed by atoms with Crippen molar-refractivity contribution in [3.05, 3.63) is 71.3 Å². The summed E-state index contributed by atoms with van der Waals surface area (Å²) in [4.78, 5) is 39.5. The predicted octanol–water partition coefficient (Wildman–Crippen LogP) is 5.50. The molecule has 210 valence electrons. The zero-order chi connectivity index (χ0) is 27.8. The van der Waals surface area contributed by atoms with Crippen molar-refractivity contribution in [3.63, 3.8) is 0 Å². The quantitative estimate of drug-likeness (QED) is 0.306. The SMILES string of the molecule is CC(C)(C)OC(=O)C1CCC(OCN2CCCC2OC(=O)c2ccc(C(=O)OCc3ccccc3)cc2)CC1. The third-order valence-corrected chi connectivity index (χ3v) is 7.01. The molecular formula is C31H39NO7. The zero-order valence-electron chi connectivity index (χ0n) is 23.1. The number of likely N-dealkylation sites (tertiary alicyclic amines) is 1. The van der Waals surface area contributed by atoms with Crippen LogP contribution in [0.2, 0.25) is 0 Å². The third-order valence-electron chi connectivity index (χ3n) is 7.01. The van der Waals surface area contributed by atoms with Gasteiger partial charge in [-0.2, -0.15) is 0 Å². The first-order chi connectivity index (χ1) is 18.7. The molecular weight excluding hydrogens is 498 g/mol. The fourth-order valence-electron chi connectivity index (χ4n) is 4.87. The van der Waals surface area contributed by atoms with Crippen molar-refractivity contribution in [2.45, 2.75) is 83.8 Å². The van der Waals surface area contributed by atoms with E-state index in [0.29, 0.717) is 17.9 Å². The average Bonchev–Trinajstić information content (AvgIpc) is 3.37. The van der Waals surface area contributed by atoms with Gasteiger partial charge in [-0.15, -0.1) is 0 Å². The van der Waals surface area contributed by atoms with Crippen LogP contribution in [0.25, 0.3) is 0 Å². The highest BCUT2D eigenvalue weighted by atomic mass is 16.6. The van der Waals surface area contributed by atoms with Crippen molar-refractivity contribution < 1.29 is 33.3 Å². The van der Waals surface area contributed by atoms with Gasteiger partial charge in [0.1, 0.15) is 18.9 Å². The Labute approximate surface area is 230 Å². The number of ether oxygens (including phenoxy) is 4. The van der Waals surface area contributed by atoms with E-state index >= 15 is 0 Å². The van der Waals surface area contributed by atoms with E-state index in [2.05, 4.69) is 0 Å². The largest absolute Gasteiger partial charge is 0.460 e. The summed E-state index contributed by atoms with van der Waals surface area (Å²) >= 11 is 0. The zero-order valence-corrected chi connectivity index (χ0v) is 23.1. The van der Waals surface area contributed by atoms with Gasteiger partial charge in [0, 0.05) is 6.54 Å². The number of carbonyl (C=O) groups is 3. The molecule has 1 saturated carbocycles. The highest BCUT2D eigenvalue weighted by molar-refractivity contribution is 5.93. The summed E-state index contributed by atoms with van der Waals surface area (Å²) in [6.07, 6.45) is 4.51. The second kappa shape index (κ2) is 13.2. The number of esters is 3.